The highest BCUT2D eigenvalue weighted by molar-refractivity contribution is 8.93. The summed E-state index contributed by atoms with van der Waals surface area (Å²) in [5.41, 5.74) is 10.3. The van der Waals surface area contributed by atoms with E-state index in [1.165, 1.54) is 22.3 Å². The Morgan fingerprint density at radius 2 is 1.50 bits per heavy atom. The van der Waals surface area contributed by atoms with E-state index in [4.69, 9.17) is 4.84 Å². The van der Waals surface area contributed by atoms with Crippen molar-refractivity contribution in [3.05, 3.63) is 58.2 Å². The van der Waals surface area contributed by atoms with Crippen LogP contribution in [0.1, 0.15) is 73.1 Å². The van der Waals surface area contributed by atoms with Crippen LogP contribution in [0, 0.1) is 0 Å². The van der Waals surface area contributed by atoms with Gasteiger partial charge in [0.25, 0.3) is 0 Å². The van der Waals surface area contributed by atoms with Crippen LogP contribution in [-0.2, 0) is 18.4 Å². The summed E-state index contributed by atoms with van der Waals surface area (Å²) in [5, 5.41) is 4.12. The Morgan fingerprint density at radius 3 is 2.03 bits per heavy atom. The average molecular weight is 562 g/mol. The van der Waals surface area contributed by atoms with Crippen molar-refractivity contribution in [2.75, 3.05) is 19.6 Å². The first-order valence-corrected chi connectivity index (χ1v) is 12.5. The highest BCUT2D eigenvalue weighted by Crippen LogP contribution is 2.23. The molecule has 2 rings (SSSR count). The van der Waals surface area contributed by atoms with Gasteiger partial charge in [0.05, 0.1) is 20.7 Å². The maximum atomic E-state index is 5.14. The molecule has 0 atom stereocenters. The highest BCUT2D eigenvalue weighted by Gasteiger charge is 2.19. The molecule has 7 nitrogen and oxygen atoms in total. The first-order valence-electron chi connectivity index (χ1n) is 12.5. The second-order valence-corrected chi connectivity index (χ2v) is 9.50. The van der Waals surface area contributed by atoms with E-state index in [2.05, 4.69) is 84.3 Å². The quantitative estimate of drug-likeness (QED) is 0.147. The lowest BCUT2D eigenvalue weighted by atomic mass is 10.0. The molecule has 0 fully saturated rings. The molecule has 0 spiro atoms. The number of aryl methyl sites for hydroxylation is 1. The lowest BCUT2D eigenvalue weighted by Gasteiger charge is -2.08. The average Bonchev–Trinajstić information content (AvgIpc) is 3.13. The molecule has 0 unspecified atom stereocenters. The molecule has 36 heavy (non-hydrogen) atoms. The van der Waals surface area contributed by atoms with Gasteiger partial charge in [-0.25, -0.2) is 4.57 Å². The van der Waals surface area contributed by atoms with Crippen molar-refractivity contribution >= 4 is 39.9 Å². The van der Waals surface area contributed by atoms with Crippen LogP contribution in [0.4, 0.5) is 11.8 Å². The third kappa shape index (κ3) is 10.3. The molecule has 0 aliphatic rings. The van der Waals surface area contributed by atoms with Crippen molar-refractivity contribution in [2.24, 2.45) is 7.05 Å². The van der Waals surface area contributed by atoms with Gasteiger partial charge >= 0.3 is 5.65 Å². The van der Waals surface area contributed by atoms with E-state index in [9.17, 15) is 0 Å². The number of nitrogens with one attached hydrogen (secondary N) is 1. The molecule has 8 heteroatoms. The Labute approximate surface area is 228 Å². The maximum Gasteiger partial charge on any atom is 0.305 e. The van der Waals surface area contributed by atoms with Gasteiger partial charge in [0, 0.05) is 0 Å². The number of hydrogen-bond donors (Lipinski definition) is 1. The van der Waals surface area contributed by atoms with Gasteiger partial charge in [0.1, 0.15) is 5.82 Å². The molecule has 0 amide bonds. The highest BCUT2D eigenvalue weighted by atomic mass is 79.9. The number of rotatable bonds is 14. The van der Waals surface area contributed by atoms with Crippen LogP contribution in [0.15, 0.2) is 52.9 Å². The third-order valence-corrected chi connectivity index (χ3v) is 5.98. The van der Waals surface area contributed by atoms with Crippen molar-refractivity contribution in [2.45, 2.75) is 79.7 Å². The van der Waals surface area contributed by atoms with Crippen LogP contribution in [0.5, 0.6) is 0 Å². The largest absolute Gasteiger partial charge is 0.367 e. The summed E-state index contributed by atoms with van der Waals surface area (Å²) in [6.07, 6.45) is 18.1. The fourth-order valence-corrected chi connectivity index (χ4v) is 3.91. The summed E-state index contributed by atoms with van der Waals surface area (Å²) >= 11 is 0. The summed E-state index contributed by atoms with van der Waals surface area (Å²) < 4.78 is 4.12. The molecule has 2 aromatic rings. The van der Waals surface area contributed by atoms with Crippen LogP contribution in [0.3, 0.4) is 0 Å². The van der Waals surface area contributed by atoms with Gasteiger partial charge in [-0.2, -0.15) is 0 Å². The first-order chi connectivity index (χ1) is 16.7. The van der Waals surface area contributed by atoms with Crippen LogP contribution < -0.4 is 10.0 Å². The summed E-state index contributed by atoms with van der Waals surface area (Å²) in [7, 11) is 5.24. The molecular formula is C28H45BrN6O. The van der Waals surface area contributed by atoms with Gasteiger partial charge in [0.15, 0.2) is 12.3 Å². The number of anilines is 1. The van der Waals surface area contributed by atoms with Crippen LogP contribution >= 0.6 is 17.0 Å². The maximum absolute atomic E-state index is 5.14. The zero-order valence-electron chi connectivity index (χ0n) is 23.4. The summed E-state index contributed by atoms with van der Waals surface area (Å²) in [6.45, 7) is 11.8. The van der Waals surface area contributed by atoms with E-state index >= 15 is 0 Å². The topological polar surface area (TPSA) is 69.9 Å². The standard InChI is InChI=1S/C28H44N6O.BrH/c1-21(2)12-9-13-22(3)14-10-15-23(4)16-11-17-24(5)18-19-34-20-33(7)27-25(34)26(32-35-8)30-28(29-6)31-27;/h12,14,16,18,20H,9-11,13,15,17,19H2,1-8H3,(H-,29,30,31,32);1H/b22-14+,23-16+,24-18+;. The minimum absolute atomic E-state index is 0. The lowest BCUT2D eigenvalue weighted by molar-refractivity contribution is -0.647. The first kappa shape index (κ1) is 31.6. The number of fused-ring (bicyclic) bond motifs is 1. The molecule has 0 aromatic carbocycles. The molecule has 200 valence electrons. The molecule has 0 radical (unpaired) electrons. The van der Waals surface area contributed by atoms with Gasteiger partial charge in [-0.3, -0.25) is 14.9 Å². The van der Waals surface area contributed by atoms with Crippen molar-refractivity contribution in [1.82, 2.24) is 14.5 Å². The second-order valence-electron chi connectivity index (χ2n) is 9.50. The van der Waals surface area contributed by atoms with Crippen LogP contribution in [0.2, 0.25) is 0 Å². The molecule has 0 aliphatic carbocycles. The second kappa shape index (κ2) is 16.3. The van der Waals surface area contributed by atoms with E-state index in [-0.39, 0.29) is 17.0 Å². The van der Waals surface area contributed by atoms with E-state index < -0.39 is 0 Å². The minimum Gasteiger partial charge on any atom is -0.367 e. The van der Waals surface area contributed by atoms with E-state index in [0.29, 0.717) is 11.8 Å². The van der Waals surface area contributed by atoms with E-state index in [0.717, 1.165) is 56.2 Å². The van der Waals surface area contributed by atoms with Gasteiger partial charge in [-0.1, -0.05) is 51.6 Å². The van der Waals surface area contributed by atoms with Crippen LogP contribution in [0.25, 0.3) is 16.5 Å². The van der Waals surface area contributed by atoms with Crippen LogP contribution in [-0.4, -0.2) is 28.7 Å². The smallest absolute Gasteiger partial charge is 0.305 e. The van der Waals surface area contributed by atoms with Gasteiger partial charge < -0.3 is 10.3 Å². The predicted octanol–water partition coefficient (Wildman–Crippen LogP) is 7.59. The zero-order valence-corrected chi connectivity index (χ0v) is 25.1. The van der Waals surface area contributed by atoms with E-state index in [1.807, 2.05) is 17.9 Å². The zero-order chi connectivity index (χ0) is 25.8. The Morgan fingerprint density at radius 1 is 0.944 bits per heavy atom. The molecular weight excluding hydrogens is 516 g/mol. The Bertz CT molecular complexity index is 1090. The minimum atomic E-state index is 0. The van der Waals surface area contributed by atoms with Crippen molar-refractivity contribution < 1.29 is 9.40 Å². The van der Waals surface area contributed by atoms with Crippen molar-refractivity contribution in [3.63, 3.8) is 0 Å². The number of halogens is 1. The fourth-order valence-electron chi connectivity index (χ4n) is 3.91. The molecule has 2 heterocycles. The number of hydrogen-bond acceptors (Lipinski definition) is 4. The number of nitrogens with zero attached hydrogens (tertiary/aromatic N) is 5. The molecule has 0 bridgehead atoms. The van der Waals surface area contributed by atoms with Gasteiger partial charge in [-0.05, 0) is 80.2 Å². The SMILES string of the molecule is Br.C[N-]c1nc(NOC)c2c(n1)[n+](C)cn2C/C=C(\C)CC/C=C(\C)CC/C=C(\C)CCC=C(C)C. The molecule has 0 saturated heterocycles. The number of aromatic nitrogens is 4. The number of allylic oxidation sites excluding steroid dienone is 8. The number of imidazole rings is 1. The van der Waals surface area contributed by atoms with Gasteiger partial charge in [-0.15, -0.1) is 17.0 Å². The Balaban J connectivity index is 0.00000648. The predicted molar refractivity (Wildman–Crippen MR) is 157 cm³/mol. The molecule has 1 N–H and O–H groups in total. The van der Waals surface area contributed by atoms with Crippen molar-refractivity contribution in [1.29, 1.82) is 0 Å². The Hall–Kier alpha value is -2.45. The summed E-state index contributed by atoms with van der Waals surface area (Å²) in [4.78, 5) is 14.1. The van der Waals surface area contributed by atoms with Crippen molar-refractivity contribution in [3.8, 4) is 0 Å². The molecule has 0 aliphatic heterocycles. The molecule has 2 aromatic heterocycles. The summed E-state index contributed by atoms with van der Waals surface area (Å²) in [6, 6.07) is 0. The normalized spacial score (nSPS) is 12.5. The lowest BCUT2D eigenvalue weighted by Crippen LogP contribution is -2.26. The Kier molecular flexibility index (Phi) is 14.3. The summed E-state index contributed by atoms with van der Waals surface area (Å²) in [5.74, 6) is 1.04. The van der Waals surface area contributed by atoms with E-state index in [1.54, 1.807) is 14.2 Å². The van der Waals surface area contributed by atoms with Gasteiger partial charge in [0.2, 0.25) is 5.52 Å². The monoisotopic (exact) mass is 560 g/mol. The molecule has 0 saturated carbocycles. The third-order valence-electron chi connectivity index (χ3n) is 5.98. The fraction of sp³-hybridized carbons (Fsp3) is 0.536.